The number of sulfonamides is 1. The quantitative estimate of drug-likeness (QED) is 0.693. The van der Waals surface area contributed by atoms with Crippen molar-refractivity contribution in [3.8, 4) is 10.6 Å². The van der Waals surface area contributed by atoms with Crippen molar-refractivity contribution in [2.24, 2.45) is 0 Å². The number of rotatable bonds is 5. The molecule has 7 heteroatoms. The highest BCUT2D eigenvalue weighted by molar-refractivity contribution is 7.94. The number of hydrogen-bond acceptors (Lipinski definition) is 4. The summed E-state index contributed by atoms with van der Waals surface area (Å²) in [6.07, 6.45) is 0.765. The van der Waals surface area contributed by atoms with Crippen LogP contribution in [0.25, 0.3) is 10.6 Å². The number of para-hydroxylation sites is 1. The molecule has 132 valence electrons. The Morgan fingerprint density at radius 3 is 2.56 bits per heavy atom. The Morgan fingerprint density at radius 2 is 1.92 bits per heavy atom. The highest BCUT2D eigenvalue weighted by atomic mass is 32.2. The summed E-state index contributed by atoms with van der Waals surface area (Å²) >= 11 is 1.23. The molecule has 2 aromatic heterocycles. The van der Waals surface area contributed by atoms with Crippen molar-refractivity contribution in [3.05, 3.63) is 52.7 Å². The van der Waals surface area contributed by atoms with Crippen LogP contribution in [0.3, 0.4) is 0 Å². The van der Waals surface area contributed by atoms with Gasteiger partial charge in [0, 0.05) is 5.69 Å². The molecule has 2 heterocycles. The van der Waals surface area contributed by atoms with Gasteiger partial charge in [0.25, 0.3) is 10.0 Å². The lowest BCUT2D eigenvalue weighted by atomic mass is 10.1. The van der Waals surface area contributed by atoms with E-state index >= 15 is 0 Å². The number of benzene rings is 1. The topological polar surface area (TPSA) is 74.8 Å². The molecule has 0 bridgehead atoms. The lowest BCUT2D eigenvalue weighted by molar-refractivity contribution is 0.603. The van der Waals surface area contributed by atoms with Crippen molar-refractivity contribution in [1.29, 1.82) is 0 Å². The van der Waals surface area contributed by atoms with Crippen molar-refractivity contribution in [2.75, 3.05) is 4.72 Å². The van der Waals surface area contributed by atoms with Gasteiger partial charge in [0.15, 0.2) is 0 Å². The van der Waals surface area contributed by atoms with Gasteiger partial charge in [-0.2, -0.15) is 5.10 Å². The Labute approximate surface area is 152 Å². The Morgan fingerprint density at radius 1 is 1.16 bits per heavy atom. The molecule has 2 N–H and O–H groups in total. The maximum atomic E-state index is 12.8. The number of hydrogen-bond donors (Lipinski definition) is 2. The van der Waals surface area contributed by atoms with Gasteiger partial charge in [-0.25, -0.2) is 8.42 Å². The van der Waals surface area contributed by atoms with E-state index in [0.29, 0.717) is 5.69 Å². The number of anilines is 1. The summed E-state index contributed by atoms with van der Waals surface area (Å²) < 4.78 is 28.7. The average Bonchev–Trinajstić information content (AvgIpc) is 3.18. The van der Waals surface area contributed by atoms with Crippen LogP contribution < -0.4 is 4.72 Å². The second-order valence-electron chi connectivity index (χ2n) is 6.01. The summed E-state index contributed by atoms with van der Waals surface area (Å²) in [4.78, 5) is 0.836. The van der Waals surface area contributed by atoms with Gasteiger partial charge >= 0.3 is 0 Å². The molecule has 0 aliphatic rings. The molecule has 0 saturated carbocycles. The normalized spacial score (nSPS) is 11.7. The van der Waals surface area contributed by atoms with Crippen LogP contribution in [-0.2, 0) is 16.4 Å². The Balaban J connectivity index is 1.96. The van der Waals surface area contributed by atoms with Gasteiger partial charge in [-0.1, -0.05) is 25.1 Å². The molecule has 0 atom stereocenters. The summed E-state index contributed by atoms with van der Waals surface area (Å²) in [6.45, 7) is 7.84. The van der Waals surface area contributed by atoms with Crippen molar-refractivity contribution >= 4 is 27.0 Å². The molecular weight excluding hydrogens is 354 g/mol. The molecule has 0 radical (unpaired) electrons. The molecule has 0 spiro atoms. The number of H-pyrrole nitrogens is 1. The number of aromatic amines is 1. The van der Waals surface area contributed by atoms with Gasteiger partial charge in [-0.15, -0.1) is 11.3 Å². The van der Waals surface area contributed by atoms with E-state index in [0.717, 1.165) is 39.4 Å². The highest BCUT2D eigenvalue weighted by Crippen LogP contribution is 2.33. The second-order valence-corrected chi connectivity index (χ2v) is 9.00. The number of nitrogens with one attached hydrogen (secondary N) is 2. The molecule has 1 aromatic carbocycles. The first kappa shape index (κ1) is 17.7. The monoisotopic (exact) mass is 375 g/mol. The minimum absolute atomic E-state index is 0.285. The molecule has 25 heavy (non-hydrogen) atoms. The molecule has 0 fully saturated rings. The van der Waals surface area contributed by atoms with Crippen molar-refractivity contribution in [1.82, 2.24) is 10.2 Å². The zero-order valence-corrected chi connectivity index (χ0v) is 16.3. The molecule has 0 aliphatic heterocycles. The molecule has 3 aromatic rings. The summed E-state index contributed by atoms with van der Waals surface area (Å²) in [5.41, 5.74) is 5.39. The Bertz CT molecular complexity index is 1020. The molecule has 0 saturated heterocycles. The molecule has 0 unspecified atom stereocenters. The smallest absolute Gasteiger partial charge is 0.271 e. The van der Waals surface area contributed by atoms with Crippen molar-refractivity contribution < 1.29 is 8.42 Å². The van der Waals surface area contributed by atoms with Crippen LogP contribution in [-0.4, -0.2) is 18.6 Å². The summed E-state index contributed by atoms with van der Waals surface area (Å²) in [5.74, 6) is 0. The van der Waals surface area contributed by atoms with Crippen LogP contribution in [0.4, 0.5) is 5.69 Å². The predicted molar refractivity (Wildman–Crippen MR) is 103 cm³/mol. The van der Waals surface area contributed by atoms with Gasteiger partial charge < -0.3 is 0 Å². The molecule has 0 aliphatic carbocycles. The first-order chi connectivity index (χ1) is 11.8. The molecule has 5 nitrogen and oxygen atoms in total. The van der Waals surface area contributed by atoms with Gasteiger partial charge in [0.1, 0.15) is 9.90 Å². The van der Waals surface area contributed by atoms with Gasteiger partial charge in [-0.05, 0) is 56.0 Å². The maximum absolute atomic E-state index is 12.8. The number of aryl methyl sites for hydroxylation is 3. The number of aromatic nitrogens is 2. The van der Waals surface area contributed by atoms with E-state index in [1.807, 2.05) is 45.9 Å². The zero-order chi connectivity index (χ0) is 18.2. The fourth-order valence-electron chi connectivity index (χ4n) is 2.67. The van der Waals surface area contributed by atoms with Crippen molar-refractivity contribution in [3.63, 3.8) is 0 Å². The second kappa shape index (κ2) is 6.65. The zero-order valence-electron chi connectivity index (χ0n) is 14.7. The average molecular weight is 376 g/mol. The van der Waals surface area contributed by atoms with Crippen molar-refractivity contribution in [2.45, 2.75) is 38.3 Å². The number of nitrogens with zero attached hydrogens (tertiary/aromatic N) is 1. The number of thiophene rings is 1. The van der Waals surface area contributed by atoms with E-state index in [1.165, 1.54) is 11.3 Å². The largest absolute Gasteiger partial charge is 0.282 e. The Hall–Kier alpha value is -2.12. The Kier molecular flexibility index (Phi) is 4.71. The van der Waals surface area contributed by atoms with E-state index in [4.69, 9.17) is 0 Å². The third-order valence-corrected chi connectivity index (χ3v) is 7.24. The lowest BCUT2D eigenvalue weighted by Gasteiger charge is -2.13. The van der Waals surface area contributed by atoms with Crippen LogP contribution >= 0.6 is 11.3 Å². The SMILES string of the molecule is CCc1cccc(C)c1NS(=O)(=O)c1ccc(-c2n[nH]c(C)c2C)s1. The van der Waals surface area contributed by atoms with E-state index < -0.39 is 10.0 Å². The molecule has 0 amide bonds. The standard InChI is InChI=1S/C18H21N3O2S2/c1-5-14-8-6-7-11(2)17(14)21-25(22,23)16-10-9-15(24-16)18-12(3)13(4)19-20-18/h6-10,21H,5H2,1-4H3,(H,19,20). The summed E-state index contributed by atoms with van der Waals surface area (Å²) in [6, 6.07) is 9.24. The van der Waals surface area contributed by atoms with Gasteiger partial charge in [0.2, 0.25) is 0 Å². The van der Waals surface area contributed by atoms with E-state index in [1.54, 1.807) is 12.1 Å². The fraction of sp³-hybridized carbons (Fsp3) is 0.278. The van der Waals surface area contributed by atoms with Gasteiger partial charge in [-0.3, -0.25) is 9.82 Å². The maximum Gasteiger partial charge on any atom is 0.271 e. The highest BCUT2D eigenvalue weighted by Gasteiger charge is 2.21. The van der Waals surface area contributed by atoms with Crippen LogP contribution in [0.2, 0.25) is 0 Å². The third kappa shape index (κ3) is 3.34. The summed E-state index contributed by atoms with van der Waals surface area (Å²) in [5, 5.41) is 7.21. The first-order valence-corrected chi connectivity index (χ1v) is 10.4. The fourth-order valence-corrected chi connectivity index (χ4v) is 5.20. The van der Waals surface area contributed by atoms with E-state index in [-0.39, 0.29) is 4.21 Å². The van der Waals surface area contributed by atoms with Crippen LogP contribution in [0, 0.1) is 20.8 Å². The van der Waals surface area contributed by atoms with Crippen LogP contribution in [0.1, 0.15) is 29.3 Å². The first-order valence-electron chi connectivity index (χ1n) is 8.06. The van der Waals surface area contributed by atoms with Gasteiger partial charge in [0.05, 0.1) is 10.6 Å². The minimum atomic E-state index is -3.63. The van der Waals surface area contributed by atoms with Crippen LogP contribution in [0.5, 0.6) is 0 Å². The lowest BCUT2D eigenvalue weighted by Crippen LogP contribution is -2.13. The van der Waals surface area contributed by atoms with E-state index in [2.05, 4.69) is 14.9 Å². The third-order valence-electron chi connectivity index (χ3n) is 4.31. The summed E-state index contributed by atoms with van der Waals surface area (Å²) in [7, 11) is -3.63. The minimum Gasteiger partial charge on any atom is -0.282 e. The van der Waals surface area contributed by atoms with Crippen LogP contribution in [0.15, 0.2) is 34.5 Å². The molecule has 3 rings (SSSR count). The van der Waals surface area contributed by atoms with E-state index in [9.17, 15) is 8.42 Å². The molecular formula is C18H21N3O2S2. The predicted octanol–water partition coefficient (Wildman–Crippen LogP) is 4.43.